The zero-order valence-corrected chi connectivity index (χ0v) is 20.1. The van der Waals surface area contributed by atoms with Crippen LogP contribution in [-0.2, 0) is 11.3 Å². The molecule has 0 fully saturated rings. The Labute approximate surface area is 194 Å². The molecule has 0 unspecified atom stereocenters. The SMILES string of the molecule is CCCCCCNC(=O)c1cc2c(=O)n3cccc(C)c3nc2n(CCCOC(C)C)c1=N. The maximum absolute atomic E-state index is 13.3. The molecule has 0 radical (unpaired) electrons. The number of hydrogen-bond acceptors (Lipinski definition) is 5. The van der Waals surface area contributed by atoms with Gasteiger partial charge in [0.2, 0.25) is 0 Å². The van der Waals surface area contributed by atoms with Crippen LogP contribution in [0.25, 0.3) is 16.7 Å². The Morgan fingerprint density at radius 3 is 2.73 bits per heavy atom. The van der Waals surface area contributed by atoms with E-state index in [4.69, 9.17) is 15.1 Å². The van der Waals surface area contributed by atoms with E-state index in [0.717, 1.165) is 31.2 Å². The number of amides is 1. The molecule has 0 aliphatic rings. The van der Waals surface area contributed by atoms with E-state index >= 15 is 0 Å². The first-order chi connectivity index (χ1) is 15.8. The van der Waals surface area contributed by atoms with Crippen molar-refractivity contribution in [3.05, 3.63) is 51.4 Å². The summed E-state index contributed by atoms with van der Waals surface area (Å²) in [7, 11) is 0. The van der Waals surface area contributed by atoms with Gasteiger partial charge in [-0.05, 0) is 51.3 Å². The zero-order valence-electron chi connectivity index (χ0n) is 20.1. The molecule has 0 aromatic carbocycles. The number of pyridine rings is 2. The van der Waals surface area contributed by atoms with E-state index in [9.17, 15) is 9.59 Å². The Morgan fingerprint density at radius 2 is 2.00 bits per heavy atom. The highest BCUT2D eigenvalue weighted by molar-refractivity contribution is 5.96. The topological polar surface area (TPSA) is 101 Å². The van der Waals surface area contributed by atoms with E-state index in [1.165, 1.54) is 10.5 Å². The molecule has 0 aliphatic carbocycles. The third-order valence-corrected chi connectivity index (χ3v) is 5.67. The van der Waals surface area contributed by atoms with Crippen LogP contribution >= 0.6 is 0 Å². The Balaban J connectivity index is 2.06. The predicted molar refractivity (Wildman–Crippen MR) is 130 cm³/mol. The second-order valence-corrected chi connectivity index (χ2v) is 8.69. The van der Waals surface area contributed by atoms with Gasteiger partial charge < -0.3 is 14.6 Å². The van der Waals surface area contributed by atoms with Crippen LogP contribution in [0.2, 0.25) is 0 Å². The van der Waals surface area contributed by atoms with E-state index < -0.39 is 0 Å². The summed E-state index contributed by atoms with van der Waals surface area (Å²) in [4.78, 5) is 31.0. The van der Waals surface area contributed by atoms with Crippen molar-refractivity contribution >= 4 is 22.6 Å². The van der Waals surface area contributed by atoms with Crippen molar-refractivity contribution < 1.29 is 9.53 Å². The number of hydrogen-bond donors (Lipinski definition) is 2. The smallest absolute Gasteiger partial charge is 0.267 e. The first kappa shape index (κ1) is 24.6. The predicted octanol–water partition coefficient (Wildman–Crippen LogP) is 3.56. The van der Waals surface area contributed by atoms with Gasteiger partial charge in [0, 0.05) is 25.9 Å². The van der Waals surface area contributed by atoms with Crippen LogP contribution in [0.3, 0.4) is 0 Å². The van der Waals surface area contributed by atoms with Gasteiger partial charge in [-0.3, -0.25) is 19.4 Å². The fraction of sp³-hybridized carbons (Fsp3) is 0.520. The molecule has 0 spiro atoms. The van der Waals surface area contributed by atoms with Crippen LogP contribution in [0, 0.1) is 12.3 Å². The highest BCUT2D eigenvalue weighted by Crippen LogP contribution is 2.13. The molecule has 2 N–H and O–H groups in total. The minimum absolute atomic E-state index is 0.0583. The molecule has 0 saturated heterocycles. The lowest BCUT2D eigenvalue weighted by molar-refractivity contribution is 0.0748. The molecule has 0 aliphatic heterocycles. The fourth-order valence-corrected chi connectivity index (χ4v) is 3.88. The second-order valence-electron chi connectivity index (χ2n) is 8.69. The van der Waals surface area contributed by atoms with Gasteiger partial charge in [-0.15, -0.1) is 0 Å². The summed E-state index contributed by atoms with van der Waals surface area (Å²) < 4.78 is 8.82. The Kier molecular flexibility index (Phi) is 8.38. The average molecular weight is 454 g/mol. The quantitative estimate of drug-likeness (QED) is 0.342. The van der Waals surface area contributed by atoms with Crippen LogP contribution in [0.5, 0.6) is 0 Å². The van der Waals surface area contributed by atoms with Gasteiger partial charge >= 0.3 is 0 Å². The molecule has 3 heterocycles. The summed E-state index contributed by atoms with van der Waals surface area (Å²) >= 11 is 0. The zero-order chi connectivity index (χ0) is 24.0. The molecule has 0 atom stereocenters. The molecule has 8 heteroatoms. The van der Waals surface area contributed by atoms with Gasteiger partial charge in [-0.25, -0.2) is 4.98 Å². The number of ether oxygens (including phenoxy) is 1. The Bertz CT molecular complexity index is 1240. The monoisotopic (exact) mass is 453 g/mol. The van der Waals surface area contributed by atoms with Crippen LogP contribution in [0.4, 0.5) is 0 Å². The molecule has 3 aromatic rings. The first-order valence-electron chi connectivity index (χ1n) is 11.8. The standard InChI is InChI=1S/C25H35N5O3/c1-5-6-7-8-12-27-24(31)19-16-20-23(29(21(19)26)14-10-15-33-17(2)3)28-22-18(4)11-9-13-30(22)25(20)32/h9,11,13,16-17,26H,5-8,10,12,14-15H2,1-4H3,(H,27,31). The third kappa shape index (κ3) is 5.68. The molecule has 3 rings (SSSR count). The molecular weight excluding hydrogens is 418 g/mol. The van der Waals surface area contributed by atoms with Crippen molar-refractivity contribution in [3.8, 4) is 0 Å². The van der Waals surface area contributed by atoms with Crippen LogP contribution < -0.4 is 16.4 Å². The third-order valence-electron chi connectivity index (χ3n) is 5.67. The molecule has 1 amide bonds. The van der Waals surface area contributed by atoms with Gasteiger partial charge in [-0.1, -0.05) is 32.3 Å². The number of fused-ring (bicyclic) bond motifs is 2. The average Bonchev–Trinajstić information content (AvgIpc) is 2.78. The van der Waals surface area contributed by atoms with Crippen molar-refractivity contribution in [3.63, 3.8) is 0 Å². The van der Waals surface area contributed by atoms with E-state index in [1.807, 2.05) is 26.8 Å². The Hall–Kier alpha value is -3.00. The lowest BCUT2D eigenvalue weighted by atomic mass is 10.1. The molecule has 0 bridgehead atoms. The summed E-state index contributed by atoms with van der Waals surface area (Å²) in [6, 6.07) is 5.22. The van der Waals surface area contributed by atoms with Crippen LogP contribution in [0.15, 0.2) is 29.2 Å². The highest BCUT2D eigenvalue weighted by Gasteiger charge is 2.18. The van der Waals surface area contributed by atoms with Crippen LogP contribution in [0.1, 0.15) is 68.8 Å². The molecule has 178 valence electrons. The number of aryl methyl sites for hydroxylation is 2. The number of carbonyl (C=O) groups excluding carboxylic acids is 1. The fourth-order valence-electron chi connectivity index (χ4n) is 3.88. The minimum Gasteiger partial charge on any atom is -0.379 e. The molecular formula is C25H35N5O3. The highest BCUT2D eigenvalue weighted by atomic mass is 16.5. The normalized spacial score (nSPS) is 11.5. The van der Waals surface area contributed by atoms with Gasteiger partial charge in [0.15, 0.2) is 0 Å². The molecule has 3 aromatic heterocycles. The largest absolute Gasteiger partial charge is 0.379 e. The minimum atomic E-state index is -0.334. The first-order valence-corrected chi connectivity index (χ1v) is 11.8. The van der Waals surface area contributed by atoms with E-state index in [-0.39, 0.29) is 28.6 Å². The number of nitrogens with zero attached hydrogens (tertiary/aromatic N) is 3. The maximum Gasteiger partial charge on any atom is 0.267 e. The summed E-state index contributed by atoms with van der Waals surface area (Å²) in [5.41, 5.74) is 1.84. The van der Waals surface area contributed by atoms with Gasteiger partial charge in [0.1, 0.15) is 16.8 Å². The lowest BCUT2D eigenvalue weighted by Gasteiger charge is -2.16. The summed E-state index contributed by atoms with van der Waals surface area (Å²) in [5.74, 6) is -0.334. The number of unbranched alkanes of at least 4 members (excludes halogenated alkanes) is 3. The van der Waals surface area contributed by atoms with E-state index in [1.54, 1.807) is 16.8 Å². The van der Waals surface area contributed by atoms with Gasteiger partial charge in [-0.2, -0.15) is 0 Å². The molecule has 8 nitrogen and oxygen atoms in total. The van der Waals surface area contributed by atoms with Crippen molar-refractivity contribution in [1.82, 2.24) is 19.3 Å². The Morgan fingerprint density at radius 1 is 1.21 bits per heavy atom. The van der Waals surface area contributed by atoms with Gasteiger partial charge in [0.25, 0.3) is 11.5 Å². The summed E-state index contributed by atoms with van der Waals surface area (Å²) in [6.07, 6.45) is 6.63. The number of nitrogens with one attached hydrogen (secondary N) is 2. The van der Waals surface area contributed by atoms with Crippen molar-refractivity contribution in [2.24, 2.45) is 0 Å². The summed E-state index contributed by atoms with van der Waals surface area (Å²) in [6.45, 7) is 9.48. The van der Waals surface area contributed by atoms with E-state index in [2.05, 4.69) is 12.2 Å². The molecule has 33 heavy (non-hydrogen) atoms. The lowest BCUT2D eigenvalue weighted by Crippen LogP contribution is -2.35. The van der Waals surface area contributed by atoms with Crippen molar-refractivity contribution in [2.75, 3.05) is 13.2 Å². The molecule has 0 saturated carbocycles. The number of aromatic nitrogens is 3. The summed E-state index contributed by atoms with van der Waals surface area (Å²) in [5, 5.41) is 12.0. The maximum atomic E-state index is 13.3. The second kappa shape index (κ2) is 11.2. The van der Waals surface area contributed by atoms with Crippen molar-refractivity contribution in [1.29, 1.82) is 5.41 Å². The van der Waals surface area contributed by atoms with Crippen LogP contribution in [-0.4, -0.2) is 39.1 Å². The van der Waals surface area contributed by atoms with Gasteiger partial charge in [0.05, 0.1) is 17.1 Å². The van der Waals surface area contributed by atoms with E-state index in [0.29, 0.717) is 42.8 Å². The number of rotatable bonds is 11. The number of carbonyl (C=O) groups is 1. The van der Waals surface area contributed by atoms with Crippen molar-refractivity contribution in [2.45, 2.75) is 72.4 Å².